The Bertz CT molecular complexity index is 389. The minimum Gasteiger partial charge on any atom is -0.491 e. The summed E-state index contributed by atoms with van der Waals surface area (Å²) in [4.78, 5) is 0. The molecule has 0 aliphatic heterocycles. The third-order valence-electron chi connectivity index (χ3n) is 4.20. The Morgan fingerprint density at radius 3 is 2.85 bits per heavy atom. The van der Waals surface area contributed by atoms with Crippen molar-refractivity contribution in [3.05, 3.63) is 29.8 Å². The molecule has 112 valence electrons. The van der Waals surface area contributed by atoms with Gasteiger partial charge in [0.25, 0.3) is 0 Å². The molecule has 0 amide bonds. The highest BCUT2D eigenvalue weighted by molar-refractivity contribution is 5.27. The number of aryl methyl sites for hydroxylation is 1. The van der Waals surface area contributed by atoms with Gasteiger partial charge in [0.15, 0.2) is 0 Å². The smallest absolute Gasteiger partial charge is 0.119 e. The van der Waals surface area contributed by atoms with Gasteiger partial charge in [-0.05, 0) is 49.3 Å². The van der Waals surface area contributed by atoms with Gasteiger partial charge >= 0.3 is 0 Å². The molecule has 0 aromatic heterocycles. The van der Waals surface area contributed by atoms with Crippen molar-refractivity contribution in [1.82, 2.24) is 0 Å². The van der Waals surface area contributed by atoms with Crippen molar-refractivity contribution >= 4 is 0 Å². The maximum absolute atomic E-state index is 5.70. The first-order valence-electron chi connectivity index (χ1n) is 8.01. The van der Waals surface area contributed by atoms with Gasteiger partial charge in [-0.1, -0.05) is 38.3 Å². The Hall–Kier alpha value is -1.02. The van der Waals surface area contributed by atoms with Crippen LogP contribution in [0, 0.1) is 18.8 Å². The Labute approximate surface area is 123 Å². The van der Waals surface area contributed by atoms with Gasteiger partial charge in [0, 0.05) is 6.61 Å². The van der Waals surface area contributed by atoms with E-state index in [1.165, 1.54) is 37.7 Å². The average Bonchev–Trinajstić information content (AvgIpc) is 2.43. The highest BCUT2D eigenvalue weighted by Gasteiger charge is 2.18. The first-order valence-corrected chi connectivity index (χ1v) is 8.01. The van der Waals surface area contributed by atoms with E-state index in [-0.39, 0.29) is 0 Å². The molecule has 0 heterocycles. The second kappa shape index (κ2) is 8.31. The molecule has 2 unspecified atom stereocenters. The number of rotatable bonds is 7. The normalized spacial score (nSPS) is 22.7. The van der Waals surface area contributed by atoms with Crippen LogP contribution < -0.4 is 4.74 Å². The predicted octanol–water partition coefficient (Wildman–Crippen LogP) is 4.61. The van der Waals surface area contributed by atoms with Gasteiger partial charge in [0.1, 0.15) is 12.4 Å². The molecule has 0 N–H and O–H groups in total. The molecular weight excluding hydrogens is 248 g/mol. The number of ether oxygens (including phenoxy) is 2. The van der Waals surface area contributed by atoms with E-state index in [2.05, 4.69) is 26.0 Å². The average molecular weight is 276 g/mol. The molecule has 1 aromatic carbocycles. The van der Waals surface area contributed by atoms with Gasteiger partial charge in [-0.2, -0.15) is 0 Å². The molecule has 1 aliphatic carbocycles. The lowest BCUT2D eigenvalue weighted by Gasteiger charge is -2.26. The molecular formula is C18H28O2. The second-order valence-corrected chi connectivity index (χ2v) is 6.20. The van der Waals surface area contributed by atoms with Gasteiger partial charge in [-0.25, -0.2) is 0 Å². The monoisotopic (exact) mass is 276 g/mol. The summed E-state index contributed by atoms with van der Waals surface area (Å²) in [6, 6.07) is 8.16. The van der Waals surface area contributed by atoms with Gasteiger partial charge in [-0.3, -0.25) is 0 Å². The summed E-state index contributed by atoms with van der Waals surface area (Å²) in [5.41, 5.74) is 1.23. The summed E-state index contributed by atoms with van der Waals surface area (Å²) < 4.78 is 11.4. The number of hydrogen-bond acceptors (Lipinski definition) is 2. The standard InChI is InChI=1S/C18H28O2/c1-15-5-3-7-17(13-15)9-10-19-11-12-20-18-8-4-6-16(2)14-18/h4,6,8,14-15,17H,3,5,7,9-13H2,1-2H3. The molecule has 0 saturated heterocycles. The Kier molecular flexibility index (Phi) is 6.38. The molecule has 1 fully saturated rings. The summed E-state index contributed by atoms with van der Waals surface area (Å²) in [6.45, 7) is 6.67. The van der Waals surface area contributed by atoms with Crippen LogP contribution in [0.4, 0.5) is 0 Å². The van der Waals surface area contributed by atoms with Crippen molar-refractivity contribution < 1.29 is 9.47 Å². The van der Waals surface area contributed by atoms with Crippen molar-refractivity contribution in [3.63, 3.8) is 0 Å². The molecule has 1 saturated carbocycles. The van der Waals surface area contributed by atoms with Gasteiger partial charge in [0.2, 0.25) is 0 Å². The van der Waals surface area contributed by atoms with Crippen LogP contribution >= 0.6 is 0 Å². The van der Waals surface area contributed by atoms with Crippen LogP contribution in [0.15, 0.2) is 24.3 Å². The van der Waals surface area contributed by atoms with Crippen LogP contribution in [0.3, 0.4) is 0 Å². The van der Waals surface area contributed by atoms with Crippen LogP contribution in [0.2, 0.25) is 0 Å². The van der Waals surface area contributed by atoms with Crippen LogP contribution in [0.25, 0.3) is 0 Å². The minimum atomic E-state index is 0.643. The zero-order valence-electron chi connectivity index (χ0n) is 12.9. The molecule has 1 aromatic rings. The fourth-order valence-corrected chi connectivity index (χ4v) is 3.10. The topological polar surface area (TPSA) is 18.5 Å². The summed E-state index contributed by atoms with van der Waals surface area (Å²) in [5.74, 6) is 2.74. The second-order valence-electron chi connectivity index (χ2n) is 6.20. The SMILES string of the molecule is Cc1cccc(OCCOCCC2CCCC(C)C2)c1. The lowest BCUT2D eigenvalue weighted by molar-refractivity contribution is 0.0832. The lowest BCUT2D eigenvalue weighted by Crippen LogP contribution is -2.16. The maximum atomic E-state index is 5.70. The molecule has 20 heavy (non-hydrogen) atoms. The quantitative estimate of drug-likeness (QED) is 0.677. The number of benzene rings is 1. The summed E-state index contributed by atoms with van der Waals surface area (Å²) in [7, 11) is 0. The Balaban J connectivity index is 1.51. The molecule has 2 atom stereocenters. The zero-order chi connectivity index (χ0) is 14.2. The molecule has 2 nitrogen and oxygen atoms in total. The third-order valence-corrected chi connectivity index (χ3v) is 4.20. The maximum Gasteiger partial charge on any atom is 0.119 e. The van der Waals surface area contributed by atoms with E-state index in [9.17, 15) is 0 Å². The molecule has 0 bridgehead atoms. The minimum absolute atomic E-state index is 0.643. The van der Waals surface area contributed by atoms with Gasteiger partial charge < -0.3 is 9.47 Å². The molecule has 0 spiro atoms. The van der Waals surface area contributed by atoms with Gasteiger partial charge in [-0.15, -0.1) is 0 Å². The summed E-state index contributed by atoms with van der Waals surface area (Å²) >= 11 is 0. The van der Waals surface area contributed by atoms with Crippen LogP contribution in [0.5, 0.6) is 5.75 Å². The van der Waals surface area contributed by atoms with Crippen molar-refractivity contribution in [2.24, 2.45) is 11.8 Å². The largest absolute Gasteiger partial charge is 0.491 e. The van der Waals surface area contributed by atoms with E-state index in [4.69, 9.17) is 9.47 Å². The highest BCUT2D eigenvalue weighted by Crippen LogP contribution is 2.30. The van der Waals surface area contributed by atoms with Crippen molar-refractivity contribution in [2.75, 3.05) is 19.8 Å². The van der Waals surface area contributed by atoms with E-state index in [0.717, 1.165) is 24.2 Å². The van der Waals surface area contributed by atoms with E-state index in [1.54, 1.807) is 0 Å². The van der Waals surface area contributed by atoms with Gasteiger partial charge in [0.05, 0.1) is 6.61 Å². The highest BCUT2D eigenvalue weighted by atomic mass is 16.5. The molecule has 0 radical (unpaired) electrons. The van der Waals surface area contributed by atoms with E-state index in [1.807, 2.05) is 12.1 Å². The van der Waals surface area contributed by atoms with E-state index < -0.39 is 0 Å². The van der Waals surface area contributed by atoms with Crippen LogP contribution in [-0.4, -0.2) is 19.8 Å². The number of hydrogen-bond donors (Lipinski definition) is 0. The Morgan fingerprint density at radius 1 is 1.15 bits per heavy atom. The predicted molar refractivity (Wildman–Crippen MR) is 83.2 cm³/mol. The summed E-state index contributed by atoms with van der Waals surface area (Å²) in [6.07, 6.45) is 6.83. The summed E-state index contributed by atoms with van der Waals surface area (Å²) in [5, 5.41) is 0. The first kappa shape index (κ1) is 15.4. The third kappa shape index (κ3) is 5.54. The lowest BCUT2D eigenvalue weighted by atomic mass is 9.81. The van der Waals surface area contributed by atoms with Crippen LogP contribution in [0.1, 0.15) is 44.6 Å². The van der Waals surface area contributed by atoms with E-state index in [0.29, 0.717) is 13.2 Å². The van der Waals surface area contributed by atoms with Crippen molar-refractivity contribution in [2.45, 2.75) is 46.0 Å². The Morgan fingerprint density at radius 2 is 2.05 bits per heavy atom. The molecule has 1 aliphatic rings. The zero-order valence-corrected chi connectivity index (χ0v) is 12.9. The van der Waals surface area contributed by atoms with E-state index >= 15 is 0 Å². The molecule has 2 rings (SSSR count). The van der Waals surface area contributed by atoms with Crippen molar-refractivity contribution in [1.29, 1.82) is 0 Å². The molecule has 2 heteroatoms. The fraction of sp³-hybridized carbons (Fsp3) is 0.667. The first-order chi connectivity index (χ1) is 9.74. The fourth-order valence-electron chi connectivity index (χ4n) is 3.10. The van der Waals surface area contributed by atoms with Crippen LogP contribution in [-0.2, 0) is 4.74 Å². The van der Waals surface area contributed by atoms with Crippen molar-refractivity contribution in [3.8, 4) is 5.75 Å².